The Labute approximate surface area is 192 Å². The standard InChI is InChI=1S/C27H25N3O3/c1-27(21-11-5-2-6-12-21,22-13-7-3-8-14-22)28-26(32)24-17-18-25(31)30(29-24)19-20-33-23-15-9-4-10-16-23/h2-18H,19-20H2,1H3,(H,28,32). The van der Waals surface area contributed by atoms with Crippen LogP contribution >= 0.6 is 0 Å². The normalized spacial score (nSPS) is 11.1. The third kappa shape index (κ3) is 5.18. The number of aromatic nitrogens is 2. The first-order valence-corrected chi connectivity index (χ1v) is 10.8. The maximum Gasteiger partial charge on any atom is 0.272 e. The maximum absolute atomic E-state index is 13.2. The SMILES string of the molecule is CC(NC(=O)c1ccc(=O)n(CCOc2ccccc2)n1)(c1ccccc1)c1ccccc1. The fourth-order valence-electron chi connectivity index (χ4n) is 3.64. The lowest BCUT2D eigenvalue weighted by Crippen LogP contribution is -2.45. The number of hydrogen-bond donors (Lipinski definition) is 1. The summed E-state index contributed by atoms with van der Waals surface area (Å²) in [4.78, 5) is 25.5. The van der Waals surface area contributed by atoms with Gasteiger partial charge in [-0.3, -0.25) is 9.59 Å². The van der Waals surface area contributed by atoms with Crippen molar-refractivity contribution >= 4 is 5.91 Å². The van der Waals surface area contributed by atoms with E-state index < -0.39 is 5.54 Å². The summed E-state index contributed by atoms with van der Waals surface area (Å²) in [6.07, 6.45) is 0. The van der Waals surface area contributed by atoms with E-state index >= 15 is 0 Å². The van der Waals surface area contributed by atoms with Crippen molar-refractivity contribution in [3.05, 3.63) is 130 Å². The molecule has 1 heterocycles. The molecule has 33 heavy (non-hydrogen) atoms. The van der Waals surface area contributed by atoms with E-state index in [2.05, 4.69) is 10.4 Å². The molecule has 0 spiro atoms. The number of rotatable bonds is 8. The molecule has 0 fully saturated rings. The fraction of sp³-hybridized carbons (Fsp3) is 0.148. The monoisotopic (exact) mass is 439 g/mol. The summed E-state index contributed by atoms with van der Waals surface area (Å²) in [5.41, 5.74) is 0.964. The minimum atomic E-state index is -0.779. The quantitative estimate of drug-likeness (QED) is 0.450. The number of carbonyl (C=O) groups excluding carboxylic acids is 1. The highest BCUT2D eigenvalue weighted by Crippen LogP contribution is 2.29. The summed E-state index contributed by atoms with van der Waals surface area (Å²) in [5.74, 6) is 0.337. The van der Waals surface area contributed by atoms with Gasteiger partial charge in [0.1, 0.15) is 18.1 Å². The van der Waals surface area contributed by atoms with Crippen molar-refractivity contribution in [1.29, 1.82) is 0 Å². The van der Waals surface area contributed by atoms with Gasteiger partial charge in [-0.25, -0.2) is 4.68 Å². The van der Waals surface area contributed by atoms with Crippen LogP contribution in [0.3, 0.4) is 0 Å². The van der Waals surface area contributed by atoms with E-state index in [-0.39, 0.29) is 30.3 Å². The molecule has 0 aliphatic rings. The lowest BCUT2D eigenvalue weighted by molar-refractivity contribution is 0.0910. The zero-order valence-electron chi connectivity index (χ0n) is 18.3. The molecule has 0 saturated carbocycles. The Balaban J connectivity index is 1.55. The van der Waals surface area contributed by atoms with E-state index in [0.717, 1.165) is 11.1 Å². The molecule has 0 saturated heterocycles. The van der Waals surface area contributed by atoms with Crippen molar-refractivity contribution in [2.24, 2.45) is 0 Å². The first-order valence-electron chi connectivity index (χ1n) is 10.8. The molecule has 1 N–H and O–H groups in total. The van der Waals surface area contributed by atoms with Gasteiger partial charge in [0.15, 0.2) is 0 Å². The van der Waals surface area contributed by atoms with Crippen molar-refractivity contribution in [2.75, 3.05) is 6.61 Å². The van der Waals surface area contributed by atoms with Gasteiger partial charge >= 0.3 is 0 Å². The van der Waals surface area contributed by atoms with Gasteiger partial charge in [-0.2, -0.15) is 5.10 Å². The van der Waals surface area contributed by atoms with E-state index in [9.17, 15) is 9.59 Å². The van der Waals surface area contributed by atoms with Gasteiger partial charge in [-0.1, -0.05) is 78.9 Å². The third-order valence-corrected chi connectivity index (χ3v) is 5.48. The van der Waals surface area contributed by atoms with Crippen molar-refractivity contribution in [3.63, 3.8) is 0 Å². The second kappa shape index (κ2) is 9.96. The smallest absolute Gasteiger partial charge is 0.272 e. The van der Waals surface area contributed by atoms with Crippen LogP contribution in [0.2, 0.25) is 0 Å². The summed E-state index contributed by atoms with van der Waals surface area (Å²) in [6, 6.07) is 31.7. The number of hydrogen-bond acceptors (Lipinski definition) is 4. The van der Waals surface area contributed by atoms with E-state index in [0.29, 0.717) is 5.75 Å². The van der Waals surface area contributed by atoms with E-state index in [1.165, 1.54) is 16.8 Å². The summed E-state index contributed by atoms with van der Waals surface area (Å²) in [6.45, 7) is 2.44. The Morgan fingerprint density at radius 3 is 1.97 bits per heavy atom. The molecule has 166 valence electrons. The lowest BCUT2D eigenvalue weighted by Gasteiger charge is -2.32. The molecule has 0 atom stereocenters. The van der Waals surface area contributed by atoms with Crippen molar-refractivity contribution in [3.8, 4) is 5.75 Å². The zero-order chi connectivity index (χ0) is 23.1. The van der Waals surface area contributed by atoms with Gasteiger partial charge in [-0.15, -0.1) is 0 Å². The Kier molecular flexibility index (Phi) is 6.64. The number of nitrogens with one attached hydrogen (secondary N) is 1. The predicted octanol–water partition coefficient (Wildman–Crippen LogP) is 4.02. The molecule has 3 aromatic carbocycles. The van der Waals surface area contributed by atoms with Crippen molar-refractivity contribution < 1.29 is 9.53 Å². The third-order valence-electron chi connectivity index (χ3n) is 5.48. The second-order valence-corrected chi connectivity index (χ2v) is 7.75. The van der Waals surface area contributed by atoms with Gasteiger partial charge in [0.25, 0.3) is 11.5 Å². The highest BCUT2D eigenvalue weighted by Gasteiger charge is 2.31. The molecular formula is C27H25N3O3. The summed E-state index contributed by atoms with van der Waals surface area (Å²) >= 11 is 0. The average molecular weight is 440 g/mol. The molecular weight excluding hydrogens is 414 g/mol. The number of nitrogens with zero attached hydrogens (tertiary/aromatic N) is 2. The predicted molar refractivity (Wildman–Crippen MR) is 127 cm³/mol. The van der Waals surface area contributed by atoms with Crippen LogP contribution in [0.4, 0.5) is 0 Å². The molecule has 1 aromatic heterocycles. The van der Waals surface area contributed by atoms with Crippen molar-refractivity contribution in [1.82, 2.24) is 15.1 Å². The van der Waals surface area contributed by atoms with Crippen molar-refractivity contribution in [2.45, 2.75) is 19.0 Å². The molecule has 4 aromatic rings. The van der Waals surface area contributed by atoms with Crippen LogP contribution in [0.1, 0.15) is 28.5 Å². The van der Waals surface area contributed by atoms with Crippen LogP contribution in [-0.4, -0.2) is 22.3 Å². The molecule has 6 nitrogen and oxygen atoms in total. The van der Waals surface area contributed by atoms with E-state index in [1.54, 1.807) is 0 Å². The second-order valence-electron chi connectivity index (χ2n) is 7.75. The first kappa shape index (κ1) is 22.0. The minimum absolute atomic E-state index is 0.160. The van der Waals surface area contributed by atoms with Crippen LogP contribution in [0.15, 0.2) is 108 Å². The highest BCUT2D eigenvalue weighted by molar-refractivity contribution is 5.93. The molecule has 6 heteroatoms. The summed E-state index contributed by atoms with van der Waals surface area (Å²) < 4.78 is 6.91. The Morgan fingerprint density at radius 1 is 0.848 bits per heavy atom. The van der Waals surface area contributed by atoms with Gasteiger partial charge in [-0.05, 0) is 36.2 Å². The van der Waals surface area contributed by atoms with E-state index in [1.807, 2.05) is 97.9 Å². The molecule has 0 unspecified atom stereocenters. The first-order chi connectivity index (χ1) is 16.1. The Bertz CT molecular complexity index is 1220. The number of carbonyl (C=O) groups is 1. The van der Waals surface area contributed by atoms with Gasteiger partial charge in [0.05, 0.1) is 12.1 Å². The van der Waals surface area contributed by atoms with Gasteiger partial charge in [0.2, 0.25) is 0 Å². The number of para-hydroxylation sites is 1. The maximum atomic E-state index is 13.2. The lowest BCUT2D eigenvalue weighted by atomic mass is 9.84. The summed E-state index contributed by atoms with van der Waals surface area (Å²) in [7, 11) is 0. The number of benzene rings is 3. The van der Waals surface area contributed by atoms with E-state index in [4.69, 9.17) is 4.74 Å². The largest absolute Gasteiger partial charge is 0.492 e. The van der Waals surface area contributed by atoms with Crippen LogP contribution in [0, 0.1) is 0 Å². The average Bonchev–Trinajstić information content (AvgIpc) is 2.87. The fourth-order valence-corrected chi connectivity index (χ4v) is 3.64. The van der Waals surface area contributed by atoms with Crippen LogP contribution < -0.4 is 15.6 Å². The zero-order valence-corrected chi connectivity index (χ0v) is 18.3. The number of ether oxygens (including phenoxy) is 1. The molecule has 4 rings (SSSR count). The topological polar surface area (TPSA) is 73.2 Å². The number of amides is 1. The molecule has 0 aliphatic carbocycles. The molecule has 0 aliphatic heterocycles. The summed E-state index contributed by atoms with van der Waals surface area (Å²) in [5, 5.41) is 7.41. The molecule has 0 bridgehead atoms. The molecule has 1 amide bonds. The van der Waals surface area contributed by atoms with Crippen LogP contribution in [0.25, 0.3) is 0 Å². The Hall–Kier alpha value is -4.19. The molecule has 0 radical (unpaired) electrons. The highest BCUT2D eigenvalue weighted by atomic mass is 16.5. The Morgan fingerprint density at radius 2 is 1.39 bits per heavy atom. The minimum Gasteiger partial charge on any atom is -0.492 e. The van der Waals surface area contributed by atoms with Crippen LogP contribution in [0.5, 0.6) is 5.75 Å². The van der Waals surface area contributed by atoms with Gasteiger partial charge < -0.3 is 10.1 Å². The van der Waals surface area contributed by atoms with Crippen LogP contribution in [-0.2, 0) is 12.1 Å². The van der Waals surface area contributed by atoms with Gasteiger partial charge in [0, 0.05) is 6.07 Å².